The molecule has 0 radical (unpaired) electrons. The van der Waals surface area contributed by atoms with Crippen molar-refractivity contribution in [3.8, 4) is 11.5 Å². The van der Waals surface area contributed by atoms with E-state index in [0.717, 1.165) is 53.4 Å². The molecule has 0 bridgehead atoms. The minimum atomic E-state index is -0.212. The molecule has 1 atom stereocenters. The Kier molecular flexibility index (Phi) is 6.22. The van der Waals surface area contributed by atoms with Gasteiger partial charge >= 0.3 is 0 Å². The molecule has 1 aliphatic rings. The number of aryl methyl sites for hydroxylation is 1. The number of hydrogen-bond acceptors (Lipinski definition) is 3. The van der Waals surface area contributed by atoms with Crippen molar-refractivity contribution in [2.24, 2.45) is 0 Å². The Morgan fingerprint density at radius 3 is 2.42 bits per heavy atom. The maximum Gasteiger partial charge on any atom is 0.138 e. The van der Waals surface area contributed by atoms with Gasteiger partial charge in [0.2, 0.25) is 0 Å². The molecular weight excluding hydrogens is 413 g/mol. The van der Waals surface area contributed by atoms with E-state index < -0.39 is 0 Å². The van der Waals surface area contributed by atoms with Crippen molar-refractivity contribution >= 4 is 28.4 Å². The lowest BCUT2D eigenvalue weighted by Crippen LogP contribution is -2.33. The zero-order valence-electron chi connectivity index (χ0n) is 18.1. The average molecular weight is 440 g/mol. The number of piperidine rings is 1. The molecule has 1 saturated heterocycles. The number of ether oxygens (including phenoxy) is 1. The van der Waals surface area contributed by atoms with Crippen LogP contribution in [0.3, 0.4) is 0 Å². The minimum Gasteiger partial charge on any atom is -0.507 e. The summed E-state index contributed by atoms with van der Waals surface area (Å²) in [6, 6.07) is 12.4. The van der Waals surface area contributed by atoms with Crippen molar-refractivity contribution in [3.63, 3.8) is 0 Å². The summed E-state index contributed by atoms with van der Waals surface area (Å²) >= 11 is 6.48. The van der Waals surface area contributed by atoms with E-state index in [4.69, 9.17) is 16.3 Å². The topological polar surface area (TPSA) is 32.7 Å². The van der Waals surface area contributed by atoms with Crippen LogP contribution in [-0.2, 0) is 0 Å². The van der Waals surface area contributed by atoms with E-state index in [2.05, 4.69) is 17.9 Å². The summed E-state index contributed by atoms with van der Waals surface area (Å²) in [6.45, 7) is 5.99. The normalized spacial score (nSPS) is 15.8. The van der Waals surface area contributed by atoms with Gasteiger partial charge in [-0.15, -0.1) is 0 Å². The minimum absolute atomic E-state index is 0.0812. The smallest absolute Gasteiger partial charge is 0.138 e. The van der Waals surface area contributed by atoms with Gasteiger partial charge in [0, 0.05) is 35.5 Å². The molecule has 1 unspecified atom stereocenters. The molecule has 3 aromatic carbocycles. The molecule has 5 heteroatoms. The Morgan fingerprint density at radius 2 is 1.77 bits per heavy atom. The molecule has 1 fully saturated rings. The number of rotatable bonds is 4. The third-order valence-electron chi connectivity index (χ3n) is 6.31. The molecule has 3 aromatic rings. The quantitative estimate of drug-likeness (QED) is 0.480. The van der Waals surface area contributed by atoms with Gasteiger partial charge in [-0.1, -0.05) is 35.4 Å². The molecule has 0 aliphatic carbocycles. The second-order valence-electron chi connectivity index (χ2n) is 8.20. The predicted octanol–water partition coefficient (Wildman–Crippen LogP) is 6.90. The van der Waals surface area contributed by atoms with E-state index in [-0.39, 0.29) is 11.9 Å². The fourth-order valence-electron chi connectivity index (χ4n) is 4.55. The van der Waals surface area contributed by atoms with Gasteiger partial charge in [-0.2, -0.15) is 0 Å². The lowest BCUT2D eigenvalue weighted by Gasteiger charge is -2.35. The average Bonchev–Trinajstić information content (AvgIpc) is 2.76. The van der Waals surface area contributed by atoms with E-state index >= 15 is 0 Å². The molecule has 4 rings (SSSR count). The monoisotopic (exact) mass is 439 g/mol. The molecule has 0 aromatic heterocycles. The van der Waals surface area contributed by atoms with Crippen LogP contribution in [0.15, 0.2) is 48.0 Å². The number of hydrogen-bond donors (Lipinski definition) is 1. The maximum absolute atomic E-state index is 13.1. The number of likely N-dealkylation sites (tertiary alicyclic amines) is 1. The standard InChI is InChI=1S/C26H27ClFNO2/c1-16-14-22-21(8-9-23(31-3)25(22)27)26(30)24(16)17(2)29-12-10-19(11-13-29)15-18-4-6-20(28)7-5-18/h4-9,14-15,17,30H,10-13H2,1-3H3. The first-order valence-corrected chi connectivity index (χ1v) is 10.9. The molecular formula is C26H27ClFNO2. The Morgan fingerprint density at radius 1 is 1.10 bits per heavy atom. The van der Waals surface area contributed by atoms with Crippen molar-refractivity contribution in [3.05, 3.63) is 75.6 Å². The van der Waals surface area contributed by atoms with Gasteiger partial charge in [-0.05, 0) is 68.1 Å². The van der Waals surface area contributed by atoms with Crippen LogP contribution in [0.4, 0.5) is 4.39 Å². The molecule has 31 heavy (non-hydrogen) atoms. The molecule has 1 N–H and O–H groups in total. The van der Waals surface area contributed by atoms with Gasteiger partial charge in [0.1, 0.15) is 17.3 Å². The van der Waals surface area contributed by atoms with Crippen LogP contribution in [0, 0.1) is 12.7 Å². The highest BCUT2D eigenvalue weighted by atomic mass is 35.5. The first-order valence-electron chi connectivity index (χ1n) is 10.6. The lowest BCUT2D eigenvalue weighted by molar-refractivity contribution is 0.194. The molecule has 162 valence electrons. The summed E-state index contributed by atoms with van der Waals surface area (Å²) in [7, 11) is 1.59. The number of methoxy groups -OCH3 is 1. The summed E-state index contributed by atoms with van der Waals surface area (Å²) in [6.07, 6.45) is 4.08. The fraction of sp³-hybridized carbons (Fsp3) is 0.308. The van der Waals surface area contributed by atoms with Crippen LogP contribution in [-0.4, -0.2) is 30.2 Å². The van der Waals surface area contributed by atoms with Gasteiger partial charge in [-0.3, -0.25) is 4.90 Å². The lowest BCUT2D eigenvalue weighted by atomic mass is 9.92. The fourth-order valence-corrected chi connectivity index (χ4v) is 4.85. The maximum atomic E-state index is 13.1. The van der Waals surface area contributed by atoms with Gasteiger partial charge in [0.05, 0.1) is 12.1 Å². The second kappa shape index (κ2) is 8.89. The number of halogens is 2. The van der Waals surface area contributed by atoms with Gasteiger partial charge in [0.25, 0.3) is 0 Å². The number of phenolic OH excluding ortho intramolecular Hbond substituents is 1. The number of benzene rings is 3. The Hall–Kier alpha value is -2.56. The van der Waals surface area contributed by atoms with Crippen molar-refractivity contribution in [2.75, 3.05) is 20.2 Å². The van der Waals surface area contributed by atoms with E-state index in [9.17, 15) is 9.50 Å². The van der Waals surface area contributed by atoms with Crippen LogP contribution in [0.2, 0.25) is 5.02 Å². The highest BCUT2D eigenvalue weighted by Crippen LogP contribution is 2.43. The number of phenols is 1. The van der Waals surface area contributed by atoms with Gasteiger partial charge < -0.3 is 9.84 Å². The van der Waals surface area contributed by atoms with Crippen molar-refractivity contribution < 1.29 is 14.2 Å². The zero-order chi connectivity index (χ0) is 22.1. The summed E-state index contributed by atoms with van der Waals surface area (Å²) in [5.41, 5.74) is 4.36. The van der Waals surface area contributed by atoms with Crippen molar-refractivity contribution in [1.82, 2.24) is 4.90 Å². The van der Waals surface area contributed by atoms with Crippen molar-refractivity contribution in [2.45, 2.75) is 32.7 Å². The number of aromatic hydroxyl groups is 1. The molecule has 1 aliphatic heterocycles. The van der Waals surface area contributed by atoms with Crippen LogP contribution in [0.25, 0.3) is 16.8 Å². The predicted molar refractivity (Wildman–Crippen MR) is 126 cm³/mol. The third-order valence-corrected chi connectivity index (χ3v) is 6.70. The van der Waals surface area contributed by atoms with Crippen LogP contribution >= 0.6 is 11.6 Å². The molecule has 1 heterocycles. The van der Waals surface area contributed by atoms with E-state index in [1.165, 1.54) is 17.7 Å². The molecule has 0 amide bonds. The van der Waals surface area contributed by atoms with Crippen LogP contribution in [0.5, 0.6) is 11.5 Å². The highest BCUT2D eigenvalue weighted by Gasteiger charge is 2.25. The summed E-state index contributed by atoms with van der Waals surface area (Å²) < 4.78 is 18.4. The van der Waals surface area contributed by atoms with Gasteiger partial charge in [-0.25, -0.2) is 4.39 Å². The molecule has 0 spiro atoms. The van der Waals surface area contributed by atoms with E-state index in [1.807, 2.05) is 31.2 Å². The van der Waals surface area contributed by atoms with Crippen LogP contribution in [0.1, 0.15) is 42.5 Å². The Labute approximate surface area is 187 Å². The Balaban J connectivity index is 1.56. The van der Waals surface area contributed by atoms with Crippen molar-refractivity contribution in [1.29, 1.82) is 0 Å². The third kappa shape index (κ3) is 4.28. The van der Waals surface area contributed by atoms with E-state index in [0.29, 0.717) is 16.5 Å². The van der Waals surface area contributed by atoms with Crippen LogP contribution < -0.4 is 4.74 Å². The summed E-state index contributed by atoms with van der Waals surface area (Å²) in [5, 5.41) is 13.2. The molecule has 3 nitrogen and oxygen atoms in total. The SMILES string of the molecule is COc1ccc2c(O)c(C(C)N3CCC(=Cc4ccc(F)cc4)CC3)c(C)cc2c1Cl. The largest absolute Gasteiger partial charge is 0.507 e. The van der Waals surface area contributed by atoms with E-state index in [1.54, 1.807) is 13.2 Å². The number of nitrogens with zero attached hydrogens (tertiary/aromatic N) is 1. The van der Waals surface area contributed by atoms with Gasteiger partial charge in [0.15, 0.2) is 0 Å². The highest BCUT2D eigenvalue weighted by molar-refractivity contribution is 6.37. The summed E-state index contributed by atoms with van der Waals surface area (Å²) in [4.78, 5) is 2.40. The number of fused-ring (bicyclic) bond motifs is 1. The second-order valence-corrected chi connectivity index (χ2v) is 8.58. The Bertz CT molecular complexity index is 1130. The zero-order valence-corrected chi connectivity index (χ0v) is 18.8. The molecule has 0 saturated carbocycles. The summed E-state index contributed by atoms with van der Waals surface area (Å²) in [5.74, 6) is 0.682. The first-order chi connectivity index (χ1) is 14.9. The first kappa shape index (κ1) is 21.7.